The summed E-state index contributed by atoms with van der Waals surface area (Å²) < 4.78 is 5.90. The molecule has 2 N–H and O–H groups in total. The Labute approximate surface area is 151 Å². The van der Waals surface area contributed by atoms with E-state index in [9.17, 15) is 9.90 Å². The highest BCUT2D eigenvalue weighted by atomic mass is 16.5. The summed E-state index contributed by atoms with van der Waals surface area (Å²) in [5.74, 6) is 0. The van der Waals surface area contributed by atoms with Crippen molar-refractivity contribution in [1.82, 2.24) is 10.2 Å². The van der Waals surface area contributed by atoms with Crippen molar-refractivity contribution in [2.45, 2.75) is 46.6 Å². The molecule has 1 unspecified atom stereocenters. The third kappa shape index (κ3) is 5.72. The molecular formula is C20H32N2O3. The first-order valence-electron chi connectivity index (χ1n) is 9.15. The average molecular weight is 348 g/mol. The Kier molecular flexibility index (Phi) is 6.85. The molecule has 1 saturated heterocycles. The van der Waals surface area contributed by atoms with Crippen molar-refractivity contribution in [3.05, 3.63) is 34.9 Å². The average Bonchev–Trinajstić information content (AvgIpc) is 2.58. The summed E-state index contributed by atoms with van der Waals surface area (Å²) in [6, 6.07) is 6.32. The van der Waals surface area contributed by atoms with Gasteiger partial charge in [0, 0.05) is 19.7 Å². The first-order chi connectivity index (χ1) is 11.8. The molecule has 1 fully saturated rings. The second-order valence-electron chi connectivity index (χ2n) is 7.82. The first kappa shape index (κ1) is 19.7. The highest BCUT2D eigenvalue weighted by Crippen LogP contribution is 2.26. The summed E-state index contributed by atoms with van der Waals surface area (Å²) in [5.41, 5.74) is 3.52. The second kappa shape index (κ2) is 8.68. The first-order valence-corrected chi connectivity index (χ1v) is 9.15. The number of carbonyl (C=O) groups is 1. The van der Waals surface area contributed by atoms with Crippen LogP contribution in [0.3, 0.4) is 0 Å². The fourth-order valence-electron chi connectivity index (χ4n) is 3.16. The molecule has 0 aliphatic carbocycles. The zero-order chi connectivity index (χ0) is 18.4. The highest BCUT2D eigenvalue weighted by molar-refractivity contribution is 5.74. The predicted octanol–water partition coefficient (Wildman–Crippen LogP) is 3.19. The van der Waals surface area contributed by atoms with Crippen LogP contribution >= 0.6 is 0 Å². The standard InChI is InChI=1S/C20H32N2O3/c1-15-6-7-17(16(2)12-15)18-13-22(10-11-25-18)19(24)21-9-5-8-20(3,4)14-23/h6-7,12,18,23H,5,8-11,13-14H2,1-4H3,(H,21,24). The number of aliphatic hydroxyl groups is 1. The molecule has 1 aromatic rings. The van der Waals surface area contributed by atoms with E-state index in [1.165, 1.54) is 11.1 Å². The van der Waals surface area contributed by atoms with Gasteiger partial charge in [-0.15, -0.1) is 0 Å². The number of hydrogen-bond acceptors (Lipinski definition) is 3. The Balaban J connectivity index is 1.85. The van der Waals surface area contributed by atoms with E-state index in [2.05, 4.69) is 37.4 Å². The lowest BCUT2D eigenvalue weighted by molar-refractivity contribution is -0.0157. The number of nitrogens with one attached hydrogen (secondary N) is 1. The molecule has 0 saturated carbocycles. The number of urea groups is 1. The lowest BCUT2D eigenvalue weighted by Gasteiger charge is -2.34. The number of nitrogens with zero attached hydrogens (tertiary/aromatic N) is 1. The van der Waals surface area contributed by atoms with Crippen LogP contribution in [0.2, 0.25) is 0 Å². The molecule has 5 heteroatoms. The Hall–Kier alpha value is -1.59. The molecule has 25 heavy (non-hydrogen) atoms. The van der Waals surface area contributed by atoms with Gasteiger partial charge in [-0.2, -0.15) is 0 Å². The topological polar surface area (TPSA) is 61.8 Å². The van der Waals surface area contributed by atoms with Crippen LogP contribution in [0.25, 0.3) is 0 Å². The van der Waals surface area contributed by atoms with Crippen molar-refractivity contribution in [2.24, 2.45) is 5.41 Å². The van der Waals surface area contributed by atoms with Crippen LogP contribution < -0.4 is 5.32 Å². The van der Waals surface area contributed by atoms with Gasteiger partial charge >= 0.3 is 6.03 Å². The van der Waals surface area contributed by atoms with Crippen molar-refractivity contribution < 1.29 is 14.6 Å². The number of aryl methyl sites for hydroxylation is 2. The number of carbonyl (C=O) groups excluding carboxylic acids is 1. The number of morpholine rings is 1. The second-order valence-corrected chi connectivity index (χ2v) is 7.82. The molecule has 0 spiro atoms. The van der Waals surface area contributed by atoms with Crippen molar-refractivity contribution in [1.29, 1.82) is 0 Å². The smallest absolute Gasteiger partial charge is 0.317 e. The number of benzene rings is 1. The van der Waals surface area contributed by atoms with Gasteiger partial charge < -0.3 is 20.1 Å². The van der Waals surface area contributed by atoms with E-state index in [1.807, 2.05) is 18.7 Å². The lowest BCUT2D eigenvalue weighted by atomic mass is 9.89. The molecule has 1 atom stereocenters. The van der Waals surface area contributed by atoms with Crippen LogP contribution in [0.1, 0.15) is 49.5 Å². The van der Waals surface area contributed by atoms with E-state index in [0.29, 0.717) is 26.2 Å². The Morgan fingerprint density at radius 1 is 1.40 bits per heavy atom. The molecule has 1 aliphatic heterocycles. The maximum absolute atomic E-state index is 12.4. The van der Waals surface area contributed by atoms with Gasteiger partial charge in [-0.3, -0.25) is 0 Å². The van der Waals surface area contributed by atoms with E-state index in [1.54, 1.807) is 0 Å². The Morgan fingerprint density at radius 2 is 2.16 bits per heavy atom. The van der Waals surface area contributed by atoms with Gasteiger partial charge in [-0.05, 0) is 43.2 Å². The third-order valence-corrected chi connectivity index (χ3v) is 4.86. The van der Waals surface area contributed by atoms with Gasteiger partial charge in [0.1, 0.15) is 6.10 Å². The molecule has 1 aliphatic rings. The van der Waals surface area contributed by atoms with Crippen molar-refractivity contribution in [3.8, 4) is 0 Å². The molecule has 5 nitrogen and oxygen atoms in total. The largest absolute Gasteiger partial charge is 0.396 e. The van der Waals surface area contributed by atoms with E-state index in [-0.39, 0.29) is 24.2 Å². The minimum Gasteiger partial charge on any atom is -0.396 e. The summed E-state index contributed by atoms with van der Waals surface area (Å²) in [7, 11) is 0. The Bertz CT molecular complexity index is 586. The summed E-state index contributed by atoms with van der Waals surface area (Å²) in [6.07, 6.45) is 1.69. The van der Waals surface area contributed by atoms with Crippen LogP contribution in [0.5, 0.6) is 0 Å². The zero-order valence-corrected chi connectivity index (χ0v) is 16.0. The molecule has 2 rings (SSSR count). The summed E-state index contributed by atoms with van der Waals surface area (Å²) >= 11 is 0. The molecule has 140 valence electrons. The SMILES string of the molecule is Cc1ccc(C2CN(C(=O)NCCCC(C)(C)CO)CCO2)c(C)c1. The summed E-state index contributed by atoms with van der Waals surface area (Å²) in [5, 5.41) is 12.3. The molecule has 0 aromatic heterocycles. The van der Waals surface area contributed by atoms with Gasteiger partial charge in [0.2, 0.25) is 0 Å². The third-order valence-electron chi connectivity index (χ3n) is 4.86. The predicted molar refractivity (Wildman–Crippen MR) is 99.7 cm³/mol. The van der Waals surface area contributed by atoms with Gasteiger partial charge in [-0.1, -0.05) is 37.6 Å². The number of ether oxygens (including phenoxy) is 1. The minimum atomic E-state index is -0.0856. The lowest BCUT2D eigenvalue weighted by Crippen LogP contribution is -2.47. The fraction of sp³-hybridized carbons (Fsp3) is 0.650. The summed E-state index contributed by atoms with van der Waals surface area (Å²) in [6.45, 7) is 10.8. The Morgan fingerprint density at radius 3 is 2.84 bits per heavy atom. The van der Waals surface area contributed by atoms with Crippen LogP contribution in [0, 0.1) is 19.3 Å². The van der Waals surface area contributed by atoms with Crippen molar-refractivity contribution >= 4 is 6.03 Å². The highest BCUT2D eigenvalue weighted by Gasteiger charge is 2.26. The van der Waals surface area contributed by atoms with Crippen LogP contribution in [-0.4, -0.2) is 48.9 Å². The minimum absolute atomic E-state index is 0.0279. The van der Waals surface area contributed by atoms with Crippen LogP contribution in [-0.2, 0) is 4.74 Å². The fourth-order valence-corrected chi connectivity index (χ4v) is 3.16. The monoisotopic (exact) mass is 348 g/mol. The van der Waals surface area contributed by atoms with E-state index in [4.69, 9.17) is 4.74 Å². The van der Waals surface area contributed by atoms with E-state index >= 15 is 0 Å². The molecule has 2 amide bonds. The van der Waals surface area contributed by atoms with E-state index in [0.717, 1.165) is 18.4 Å². The van der Waals surface area contributed by atoms with Gasteiger partial charge in [0.05, 0.1) is 13.2 Å². The maximum Gasteiger partial charge on any atom is 0.317 e. The number of aliphatic hydroxyl groups excluding tert-OH is 1. The van der Waals surface area contributed by atoms with Gasteiger partial charge in [-0.25, -0.2) is 4.79 Å². The molecule has 1 aromatic carbocycles. The van der Waals surface area contributed by atoms with Crippen molar-refractivity contribution in [3.63, 3.8) is 0 Å². The van der Waals surface area contributed by atoms with Gasteiger partial charge in [0.15, 0.2) is 0 Å². The van der Waals surface area contributed by atoms with Gasteiger partial charge in [0.25, 0.3) is 0 Å². The molecule has 0 bridgehead atoms. The van der Waals surface area contributed by atoms with Crippen molar-refractivity contribution in [2.75, 3.05) is 32.8 Å². The molecular weight excluding hydrogens is 316 g/mol. The quantitative estimate of drug-likeness (QED) is 0.776. The summed E-state index contributed by atoms with van der Waals surface area (Å²) in [4.78, 5) is 14.3. The number of hydrogen-bond donors (Lipinski definition) is 2. The number of amides is 2. The normalized spacial score (nSPS) is 18.3. The van der Waals surface area contributed by atoms with Crippen LogP contribution in [0.4, 0.5) is 4.79 Å². The van der Waals surface area contributed by atoms with Crippen LogP contribution in [0.15, 0.2) is 18.2 Å². The maximum atomic E-state index is 12.4. The number of rotatable bonds is 6. The zero-order valence-electron chi connectivity index (χ0n) is 16.0. The molecule has 1 heterocycles. The van der Waals surface area contributed by atoms with E-state index < -0.39 is 0 Å². The molecule has 0 radical (unpaired) electrons.